The fourth-order valence-corrected chi connectivity index (χ4v) is 5.70. The van der Waals surface area contributed by atoms with Crippen molar-refractivity contribution in [2.75, 3.05) is 26.8 Å². The van der Waals surface area contributed by atoms with Crippen LogP contribution in [0.4, 0.5) is 8.78 Å². The van der Waals surface area contributed by atoms with Crippen LogP contribution in [-0.2, 0) is 20.7 Å². The van der Waals surface area contributed by atoms with E-state index in [1.165, 1.54) is 24.1 Å². The molecule has 11 nitrogen and oxygen atoms in total. The topological polar surface area (TPSA) is 136 Å². The van der Waals surface area contributed by atoms with Crippen LogP contribution in [0.2, 0.25) is 5.02 Å². The molecule has 2 aliphatic heterocycles. The Morgan fingerprint density at radius 1 is 1.23 bits per heavy atom. The first-order chi connectivity index (χ1) is 19.2. The summed E-state index contributed by atoms with van der Waals surface area (Å²) in [6, 6.07) is 3.20. The molecule has 1 aromatic carbocycles. The maximum absolute atomic E-state index is 13.9. The number of carbonyl (C=O) groups is 1. The van der Waals surface area contributed by atoms with E-state index in [0.717, 1.165) is 24.7 Å². The Balaban J connectivity index is 1.35. The summed E-state index contributed by atoms with van der Waals surface area (Å²) in [6.07, 6.45) is -0.336. The zero-order chi connectivity index (χ0) is 28.6. The summed E-state index contributed by atoms with van der Waals surface area (Å²) in [5.41, 5.74) is 1.01. The number of piperidine rings is 1. The first-order valence-electron chi connectivity index (χ1n) is 12.9. The molecule has 2 fully saturated rings. The number of benzene rings is 1. The molecule has 2 saturated heterocycles. The van der Waals surface area contributed by atoms with E-state index in [1.54, 1.807) is 6.92 Å². The van der Waals surface area contributed by atoms with Crippen LogP contribution in [0.1, 0.15) is 43.2 Å². The third-order valence-corrected chi connectivity index (χ3v) is 7.94. The molecule has 0 radical (unpaired) electrons. The van der Waals surface area contributed by atoms with Crippen molar-refractivity contribution >= 4 is 17.5 Å². The highest BCUT2D eigenvalue weighted by Gasteiger charge is 2.47. The van der Waals surface area contributed by atoms with Gasteiger partial charge in [-0.05, 0) is 25.0 Å². The van der Waals surface area contributed by atoms with Gasteiger partial charge in [0.05, 0.1) is 29.6 Å². The second-order valence-electron chi connectivity index (χ2n) is 10.1. The zero-order valence-electron chi connectivity index (χ0n) is 21.9. The van der Waals surface area contributed by atoms with Crippen molar-refractivity contribution in [2.45, 2.75) is 62.6 Å². The maximum atomic E-state index is 13.9. The third-order valence-electron chi connectivity index (χ3n) is 7.66. The molecule has 0 aliphatic carbocycles. The Bertz CT molecular complexity index is 1320. The summed E-state index contributed by atoms with van der Waals surface area (Å²) in [5.74, 6) is -1.37. The Kier molecular flexibility index (Phi) is 8.47. The van der Waals surface area contributed by atoms with E-state index in [9.17, 15) is 23.8 Å². The highest BCUT2D eigenvalue weighted by atomic mass is 35.5. The number of hydrogen-bond donors (Lipinski definition) is 2. The maximum Gasteiger partial charge on any atom is 0.219 e. The molecule has 4 heterocycles. The van der Waals surface area contributed by atoms with Gasteiger partial charge in [-0.3, -0.25) is 4.79 Å². The van der Waals surface area contributed by atoms with Crippen molar-refractivity contribution in [3.63, 3.8) is 0 Å². The number of methoxy groups -OCH3 is 1. The number of likely N-dealkylation sites (tertiary alicyclic amines) is 1. The lowest BCUT2D eigenvalue weighted by Gasteiger charge is -2.43. The summed E-state index contributed by atoms with van der Waals surface area (Å²) >= 11 is 5.79. The predicted octanol–water partition coefficient (Wildman–Crippen LogP) is 2.51. The van der Waals surface area contributed by atoms with Crippen LogP contribution in [0.15, 0.2) is 28.9 Å². The molecule has 40 heavy (non-hydrogen) atoms. The molecule has 2 aliphatic rings. The van der Waals surface area contributed by atoms with Gasteiger partial charge in [-0.1, -0.05) is 22.0 Å². The van der Waals surface area contributed by atoms with Crippen molar-refractivity contribution in [1.29, 1.82) is 0 Å². The van der Waals surface area contributed by atoms with Crippen molar-refractivity contribution in [3.8, 4) is 11.3 Å². The van der Waals surface area contributed by atoms with Crippen LogP contribution < -0.4 is 0 Å². The highest BCUT2D eigenvalue weighted by molar-refractivity contribution is 6.31. The van der Waals surface area contributed by atoms with E-state index in [0.29, 0.717) is 18.8 Å². The SMILES string of the molecule is CO[C@@H]1[C@@H](n2cc(-c3cc(F)c(F)c(Cl)c3)nn2)[C@@H](O)[C@@H](CO)O[C@@H]1Cc1cc(C2CCN(C(C)=O)CC2)on1. The lowest BCUT2D eigenvalue weighted by atomic mass is 9.89. The van der Waals surface area contributed by atoms with Gasteiger partial charge in [0.2, 0.25) is 5.91 Å². The normalized spacial score (nSPS) is 25.9. The van der Waals surface area contributed by atoms with Crippen molar-refractivity contribution in [1.82, 2.24) is 25.1 Å². The minimum absolute atomic E-state index is 0.0556. The number of hydrogen-bond acceptors (Lipinski definition) is 9. The molecule has 3 aromatic rings. The Morgan fingerprint density at radius 3 is 2.62 bits per heavy atom. The van der Waals surface area contributed by atoms with Crippen LogP contribution >= 0.6 is 11.6 Å². The van der Waals surface area contributed by atoms with Crippen LogP contribution in [0, 0.1) is 11.6 Å². The predicted molar refractivity (Wildman–Crippen MR) is 136 cm³/mol. The molecule has 5 atom stereocenters. The number of amides is 1. The molecule has 0 unspecified atom stereocenters. The number of nitrogens with zero attached hydrogens (tertiary/aromatic N) is 5. The van der Waals surface area contributed by atoms with Gasteiger partial charge < -0.3 is 29.1 Å². The van der Waals surface area contributed by atoms with Gasteiger partial charge in [0, 0.05) is 51.1 Å². The fraction of sp³-hybridized carbons (Fsp3) is 0.538. The van der Waals surface area contributed by atoms with E-state index >= 15 is 0 Å². The summed E-state index contributed by atoms with van der Waals surface area (Å²) in [4.78, 5) is 13.4. The van der Waals surface area contributed by atoms with Gasteiger partial charge in [0.25, 0.3) is 0 Å². The quantitative estimate of drug-likeness (QED) is 0.403. The number of rotatable bonds is 7. The third kappa shape index (κ3) is 5.61. The standard InChI is InChI=1S/C26H30ClF2N5O6/c1-13(36)33-5-3-14(4-6-33)20-9-16(31-40-20)10-21-26(38-2)24(25(37)22(12-35)39-21)34-11-19(30-32-34)15-7-17(27)23(29)18(28)8-15/h7-9,11,14,21-22,24-26,35,37H,3-6,10,12H2,1-2H3/t21-,22-,24+,25+,26+/m1/s1. The number of halogens is 3. The summed E-state index contributed by atoms with van der Waals surface area (Å²) < 4.78 is 46.4. The minimum Gasteiger partial charge on any atom is -0.394 e. The number of ether oxygens (including phenoxy) is 2. The van der Waals surface area contributed by atoms with Gasteiger partial charge in [0.15, 0.2) is 11.6 Å². The summed E-state index contributed by atoms with van der Waals surface area (Å²) in [5, 5.41) is 33.0. The number of aliphatic hydroxyl groups is 2. The fourth-order valence-electron chi connectivity index (χ4n) is 5.49. The van der Waals surface area contributed by atoms with Crippen LogP contribution in [0.25, 0.3) is 11.3 Å². The number of carbonyl (C=O) groups excluding carboxylic acids is 1. The molecule has 5 rings (SSSR count). The van der Waals surface area contributed by atoms with Crippen LogP contribution in [0.5, 0.6) is 0 Å². The molecule has 216 valence electrons. The van der Waals surface area contributed by atoms with E-state index in [4.69, 9.17) is 25.6 Å². The first kappa shape index (κ1) is 28.6. The van der Waals surface area contributed by atoms with Crippen LogP contribution in [-0.4, -0.2) is 92.4 Å². The van der Waals surface area contributed by atoms with E-state index in [-0.39, 0.29) is 29.5 Å². The molecular formula is C26H30ClF2N5O6. The van der Waals surface area contributed by atoms with Gasteiger partial charge in [-0.25, -0.2) is 13.5 Å². The monoisotopic (exact) mass is 581 g/mol. The van der Waals surface area contributed by atoms with Crippen LogP contribution in [0.3, 0.4) is 0 Å². The molecule has 2 N–H and O–H groups in total. The summed E-state index contributed by atoms with van der Waals surface area (Å²) in [6.45, 7) is 2.40. The van der Waals surface area contributed by atoms with E-state index < -0.39 is 53.7 Å². The first-order valence-corrected chi connectivity index (χ1v) is 13.3. The van der Waals surface area contributed by atoms with Gasteiger partial charge >= 0.3 is 0 Å². The number of aliphatic hydroxyl groups excluding tert-OH is 2. The second-order valence-corrected chi connectivity index (χ2v) is 10.5. The van der Waals surface area contributed by atoms with Crippen molar-refractivity contribution < 1.29 is 37.8 Å². The summed E-state index contributed by atoms with van der Waals surface area (Å²) in [7, 11) is 1.46. The average Bonchev–Trinajstić information content (AvgIpc) is 3.62. The Morgan fingerprint density at radius 2 is 1.98 bits per heavy atom. The molecule has 14 heteroatoms. The number of aromatic nitrogens is 4. The molecule has 1 amide bonds. The van der Waals surface area contributed by atoms with E-state index in [1.807, 2.05) is 11.0 Å². The Labute approximate surface area is 233 Å². The zero-order valence-corrected chi connectivity index (χ0v) is 22.7. The van der Waals surface area contributed by atoms with Crippen molar-refractivity contribution in [3.05, 3.63) is 52.5 Å². The molecule has 2 aromatic heterocycles. The molecular weight excluding hydrogens is 552 g/mol. The minimum atomic E-state index is -1.23. The molecule has 0 saturated carbocycles. The van der Waals surface area contributed by atoms with E-state index in [2.05, 4.69) is 15.5 Å². The highest BCUT2D eigenvalue weighted by Crippen LogP contribution is 2.35. The smallest absolute Gasteiger partial charge is 0.219 e. The van der Waals surface area contributed by atoms with Gasteiger partial charge in [-0.15, -0.1) is 5.10 Å². The largest absolute Gasteiger partial charge is 0.394 e. The van der Waals surface area contributed by atoms with Gasteiger partial charge in [0.1, 0.15) is 35.8 Å². The van der Waals surface area contributed by atoms with Crippen molar-refractivity contribution in [2.24, 2.45) is 0 Å². The second kappa shape index (κ2) is 11.9. The van der Waals surface area contributed by atoms with Gasteiger partial charge in [-0.2, -0.15) is 0 Å². The Hall–Kier alpha value is -2.97. The lowest BCUT2D eigenvalue weighted by Crippen LogP contribution is -2.57. The molecule has 0 bridgehead atoms. The average molecular weight is 582 g/mol. The lowest BCUT2D eigenvalue weighted by molar-refractivity contribution is -0.212. The molecule has 0 spiro atoms.